The Balaban J connectivity index is 1.62. The molecule has 3 N–H and O–H groups in total. The molecule has 4 rings (SSSR count). The number of urea groups is 1. The van der Waals surface area contributed by atoms with Crippen molar-refractivity contribution in [2.45, 2.75) is 39.1 Å². The number of rotatable bonds is 7. The number of nitrogens with one attached hydrogen (secondary N) is 2. The van der Waals surface area contributed by atoms with Crippen molar-refractivity contribution in [3.63, 3.8) is 0 Å². The van der Waals surface area contributed by atoms with Crippen LogP contribution in [-0.2, 0) is 13.2 Å². The lowest BCUT2D eigenvalue weighted by Gasteiger charge is -2.38. The molecule has 0 spiro atoms. The van der Waals surface area contributed by atoms with Gasteiger partial charge in [-0.2, -0.15) is 18.3 Å². The van der Waals surface area contributed by atoms with E-state index in [2.05, 4.69) is 15.7 Å². The summed E-state index contributed by atoms with van der Waals surface area (Å²) in [5, 5.41) is 19.5. The number of hydrogen-bond donors (Lipinski definition) is 3. The number of para-hydroxylation sites is 1. The molecule has 2 heterocycles. The van der Waals surface area contributed by atoms with Crippen molar-refractivity contribution in [1.29, 1.82) is 0 Å². The maximum atomic E-state index is 13.7. The topological polar surface area (TPSA) is 129 Å². The van der Waals surface area contributed by atoms with E-state index in [-0.39, 0.29) is 54.0 Å². The molecule has 0 aliphatic carbocycles. The highest BCUT2D eigenvalue weighted by Gasteiger charge is 2.35. The summed E-state index contributed by atoms with van der Waals surface area (Å²) in [6.07, 6.45) is -5.20. The standard InChI is InChI=1S/C30H35F3N6O5/c1-17-14-39(19(3)16-40)28(42)22-7-6-8-23(35-27(41)24-13-18(2)36-38(24)5)26(22)44-25(17)15-37(4)29(43)34-21-11-9-20(10-12-21)30(31,32)33/h6-13,17,19,25,40H,14-16H2,1-5H3,(H,34,43)(H,35,41)/t17-,19-,25-/m1/s1. The minimum atomic E-state index is -4.50. The largest absolute Gasteiger partial charge is 0.485 e. The third-order valence-corrected chi connectivity index (χ3v) is 7.44. The van der Waals surface area contributed by atoms with Crippen molar-refractivity contribution < 1.29 is 37.4 Å². The fourth-order valence-electron chi connectivity index (χ4n) is 4.88. The first kappa shape index (κ1) is 32.3. The van der Waals surface area contributed by atoms with Gasteiger partial charge in [-0.1, -0.05) is 13.0 Å². The van der Waals surface area contributed by atoms with Gasteiger partial charge in [-0.15, -0.1) is 0 Å². The number of alkyl halides is 3. The highest BCUT2D eigenvalue weighted by atomic mass is 19.4. The third-order valence-electron chi connectivity index (χ3n) is 7.44. The molecule has 1 aliphatic heterocycles. The Morgan fingerprint density at radius 2 is 1.86 bits per heavy atom. The second kappa shape index (κ2) is 13.0. The molecule has 44 heavy (non-hydrogen) atoms. The smallest absolute Gasteiger partial charge is 0.416 e. The van der Waals surface area contributed by atoms with Crippen LogP contribution in [0.25, 0.3) is 0 Å². The van der Waals surface area contributed by atoms with Crippen LogP contribution in [0.4, 0.5) is 29.3 Å². The molecule has 1 aliphatic rings. The normalized spacial score (nSPS) is 17.6. The van der Waals surface area contributed by atoms with E-state index in [4.69, 9.17) is 4.74 Å². The summed E-state index contributed by atoms with van der Waals surface area (Å²) >= 11 is 0. The van der Waals surface area contributed by atoms with Gasteiger partial charge in [0.2, 0.25) is 0 Å². The fraction of sp³-hybridized carbons (Fsp3) is 0.400. The predicted octanol–water partition coefficient (Wildman–Crippen LogP) is 4.38. The minimum absolute atomic E-state index is 0.0197. The summed E-state index contributed by atoms with van der Waals surface area (Å²) in [5.41, 5.74) is 0.669. The van der Waals surface area contributed by atoms with Crippen molar-refractivity contribution in [2.75, 3.05) is 37.4 Å². The van der Waals surface area contributed by atoms with Gasteiger partial charge in [0.05, 0.1) is 41.7 Å². The molecule has 14 heteroatoms. The van der Waals surface area contributed by atoms with Crippen LogP contribution < -0.4 is 15.4 Å². The molecular weight excluding hydrogens is 581 g/mol. The van der Waals surface area contributed by atoms with E-state index < -0.39 is 41.7 Å². The molecule has 0 bridgehead atoms. The van der Waals surface area contributed by atoms with Gasteiger partial charge in [-0.25, -0.2) is 4.79 Å². The number of halogens is 3. The molecule has 0 saturated heterocycles. The van der Waals surface area contributed by atoms with Gasteiger partial charge in [0.15, 0.2) is 5.75 Å². The van der Waals surface area contributed by atoms with Gasteiger partial charge in [0, 0.05) is 32.2 Å². The Labute approximate surface area is 252 Å². The van der Waals surface area contributed by atoms with E-state index in [1.807, 2.05) is 6.92 Å². The molecular formula is C30H35F3N6O5. The lowest BCUT2D eigenvalue weighted by atomic mass is 9.99. The van der Waals surface area contributed by atoms with Gasteiger partial charge in [0.1, 0.15) is 11.8 Å². The zero-order valence-corrected chi connectivity index (χ0v) is 25.0. The van der Waals surface area contributed by atoms with Crippen molar-refractivity contribution in [1.82, 2.24) is 19.6 Å². The van der Waals surface area contributed by atoms with Crippen LogP contribution in [0.5, 0.6) is 5.75 Å². The Kier molecular flexibility index (Phi) is 9.52. The maximum absolute atomic E-state index is 13.7. The number of carbonyl (C=O) groups excluding carboxylic acids is 3. The predicted molar refractivity (Wildman–Crippen MR) is 157 cm³/mol. The van der Waals surface area contributed by atoms with Crippen molar-refractivity contribution in [3.05, 3.63) is 71.0 Å². The minimum Gasteiger partial charge on any atom is -0.485 e. The average molecular weight is 617 g/mol. The molecule has 0 saturated carbocycles. The molecule has 0 unspecified atom stereocenters. The SMILES string of the molecule is Cc1cc(C(=O)Nc2cccc3c2O[C@H](CN(C)C(=O)Nc2ccc(C(F)(F)F)cc2)[C@H](C)CN([C@H](C)CO)C3=O)n(C)n1. The second-order valence-electron chi connectivity index (χ2n) is 10.9. The van der Waals surface area contributed by atoms with Crippen LogP contribution in [-0.4, -0.2) is 81.4 Å². The number of hydrogen-bond acceptors (Lipinski definition) is 6. The number of aryl methyl sites for hydroxylation is 2. The first-order valence-electron chi connectivity index (χ1n) is 13.9. The highest BCUT2D eigenvalue weighted by Crippen LogP contribution is 2.35. The van der Waals surface area contributed by atoms with Gasteiger partial charge in [-0.3, -0.25) is 14.3 Å². The van der Waals surface area contributed by atoms with E-state index in [0.29, 0.717) is 5.69 Å². The quantitative estimate of drug-likeness (QED) is 0.362. The van der Waals surface area contributed by atoms with Gasteiger partial charge in [0.25, 0.3) is 11.8 Å². The average Bonchev–Trinajstić information content (AvgIpc) is 3.32. The lowest BCUT2D eigenvalue weighted by Crippen LogP contribution is -2.50. The first-order chi connectivity index (χ1) is 20.7. The Morgan fingerprint density at radius 1 is 1.18 bits per heavy atom. The van der Waals surface area contributed by atoms with E-state index in [9.17, 15) is 32.7 Å². The molecule has 11 nitrogen and oxygen atoms in total. The number of carbonyl (C=O) groups is 3. The van der Waals surface area contributed by atoms with Crippen molar-refractivity contribution >= 4 is 29.2 Å². The Morgan fingerprint density at radius 3 is 2.45 bits per heavy atom. The summed E-state index contributed by atoms with van der Waals surface area (Å²) in [5.74, 6) is -1.12. The highest BCUT2D eigenvalue weighted by molar-refractivity contribution is 6.06. The molecule has 236 valence electrons. The molecule has 3 aromatic rings. The third kappa shape index (κ3) is 7.13. The number of aromatic nitrogens is 2. The number of anilines is 2. The summed E-state index contributed by atoms with van der Waals surface area (Å²) in [7, 11) is 3.14. The maximum Gasteiger partial charge on any atom is 0.416 e. The Hall–Kier alpha value is -4.59. The first-order valence-corrected chi connectivity index (χ1v) is 13.9. The second-order valence-corrected chi connectivity index (χ2v) is 10.9. The van der Waals surface area contributed by atoms with Crippen LogP contribution in [0.1, 0.15) is 46.0 Å². The number of benzene rings is 2. The van der Waals surface area contributed by atoms with Crippen LogP contribution >= 0.6 is 0 Å². The monoisotopic (exact) mass is 616 g/mol. The van der Waals surface area contributed by atoms with E-state index >= 15 is 0 Å². The lowest BCUT2D eigenvalue weighted by molar-refractivity contribution is -0.137. The zero-order chi connectivity index (χ0) is 32.3. The fourth-order valence-corrected chi connectivity index (χ4v) is 4.88. The summed E-state index contributed by atoms with van der Waals surface area (Å²) in [6, 6.07) is 9.34. The van der Waals surface area contributed by atoms with Crippen molar-refractivity contribution in [2.24, 2.45) is 13.0 Å². The number of ether oxygens (including phenoxy) is 1. The van der Waals surface area contributed by atoms with Gasteiger partial charge >= 0.3 is 12.2 Å². The number of aliphatic hydroxyl groups is 1. The molecule has 2 aromatic carbocycles. The van der Waals surface area contributed by atoms with Gasteiger partial charge < -0.3 is 30.3 Å². The van der Waals surface area contributed by atoms with Crippen molar-refractivity contribution in [3.8, 4) is 5.75 Å². The number of likely N-dealkylation sites (N-methyl/N-ethyl adjacent to an activating group) is 1. The molecule has 4 amide bonds. The zero-order valence-electron chi connectivity index (χ0n) is 25.0. The van der Waals surface area contributed by atoms with Gasteiger partial charge in [-0.05, 0) is 56.3 Å². The molecule has 3 atom stereocenters. The van der Waals surface area contributed by atoms with Crippen LogP contribution in [0.15, 0.2) is 48.5 Å². The Bertz CT molecular complexity index is 1520. The molecule has 0 fully saturated rings. The molecule has 1 aromatic heterocycles. The summed E-state index contributed by atoms with van der Waals surface area (Å²) in [6.45, 7) is 5.23. The van der Waals surface area contributed by atoms with E-state index in [0.717, 1.165) is 24.3 Å². The van der Waals surface area contributed by atoms with E-state index in [1.54, 1.807) is 45.2 Å². The summed E-state index contributed by atoms with van der Waals surface area (Å²) in [4.78, 5) is 42.7. The molecule has 0 radical (unpaired) electrons. The van der Waals surface area contributed by atoms with Crippen LogP contribution in [0.2, 0.25) is 0 Å². The summed E-state index contributed by atoms with van der Waals surface area (Å²) < 4.78 is 46.6. The number of amides is 4. The van der Waals surface area contributed by atoms with Crippen LogP contribution in [0.3, 0.4) is 0 Å². The number of nitrogens with zero attached hydrogens (tertiary/aromatic N) is 4. The van der Waals surface area contributed by atoms with Crippen LogP contribution in [0, 0.1) is 12.8 Å². The van der Waals surface area contributed by atoms with E-state index in [1.165, 1.54) is 21.5 Å². The number of aliphatic hydroxyl groups excluding tert-OH is 1. The number of fused-ring (bicyclic) bond motifs is 1.